The van der Waals surface area contributed by atoms with E-state index in [1.807, 2.05) is 44.2 Å². The Morgan fingerprint density at radius 3 is 2.53 bits per heavy atom. The van der Waals surface area contributed by atoms with E-state index in [4.69, 9.17) is 14.2 Å². The van der Waals surface area contributed by atoms with Crippen molar-refractivity contribution >= 4 is 44.6 Å². The molecule has 5 aliphatic rings. The average Bonchev–Trinajstić information content (AvgIpc) is 4.03. The number of amides is 4. The third-order valence-corrected chi connectivity index (χ3v) is 14.1. The minimum Gasteiger partial charge on any atom is -0.494 e. The van der Waals surface area contributed by atoms with Crippen molar-refractivity contribution in [1.82, 2.24) is 24.8 Å². The first kappa shape index (κ1) is 38.8. The van der Waals surface area contributed by atoms with Gasteiger partial charge in [-0.3, -0.25) is 24.0 Å². The van der Waals surface area contributed by atoms with E-state index in [1.54, 1.807) is 6.08 Å². The van der Waals surface area contributed by atoms with Gasteiger partial charge in [-0.15, -0.1) is 0 Å². The van der Waals surface area contributed by atoms with E-state index in [0.717, 1.165) is 10.3 Å². The molecule has 0 radical (unpaired) electrons. The number of carboxylic acid groups (broad SMARTS) is 1. The van der Waals surface area contributed by atoms with Gasteiger partial charge in [0, 0.05) is 23.1 Å². The lowest BCUT2D eigenvalue weighted by Gasteiger charge is -2.43. The number of rotatable bonds is 9. The van der Waals surface area contributed by atoms with Crippen LogP contribution in [0.3, 0.4) is 0 Å². The van der Waals surface area contributed by atoms with Gasteiger partial charge in [0.2, 0.25) is 27.7 Å². The third-order valence-electron chi connectivity index (χ3n) is 12.0. The fourth-order valence-electron chi connectivity index (χ4n) is 8.37. The normalized spacial score (nSPS) is 30.8. The number of ether oxygens (including phenoxy) is 3. The minimum absolute atomic E-state index is 0.0435. The molecular weight excluding hydrogens is 738 g/mol. The summed E-state index contributed by atoms with van der Waals surface area (Å²) in [4.78, 5) is 63.2. The second-order valence-electron chi connectivity index (χ2n) is 15.8. The summed E-state index contributed by atoms with van der Waals surface area (Å²) in [6.45, 7) is 2.87. The van der Waals surface area contributed by atoms with Crippen LogP contribution >= 0.6 is 0 Å². The van der Waals surface area contributed by atoms with Crippen molar-refractivity contribution < 1.29 is 51.3 Å². The number of halogens is 1. The first-order valence-corrected chi connectivity index (χ1v) is 20.3. The molecule has 2 aromatic rings. The monoisotopic (exact) mass is 785 g/mol. The Morgan fingerprint density at radius 2 is 1.89 bits per heavy atom. The van der Waals surface area contributed by atoms with Crippen LogP contribution in [0.2, 0.25) is 0 Å². The topological polar surface area (TPSA) is 194 Å². The third kappa shape index (κ3) is 7.20. The first-order chi connectivity index (χ1) is 26.2. The Bertz CT molecular complexity index is 1990. The van der Waals surface area contributed by atoms with Crippen LogP contribution in [0.4, 0.5) is 9.18 Å². The average molecular weight is 786 g/mol. The number of allylic oxidation sites excluding steroid dienone is 1. The van der Waals surface area contributed by atoms with Crippen molar-refractivity contribution in [3.63, 3.8) is 0 Å². The fourth-order valence-corrected chi connectivity index (χ4v) is 9.79. The minimum atomic E-state index is -4.40. The largest absolute Gasteiger partial charge is 0.494 e. The molecule has 7 rings (SSSR count). The molecule has 17 heteroatoms. The highest BCUT2D eigenvalue weighted by atomic mass is 32.2. The lowest BCUT2D eigenvalue weighted by molar-refractivity contribution is -0.149. The molecule has 2 saturated heterocycles. The van der Waals surface area contributed by atoms with Crippen molar-refractivity contribution in [2.24, 2.45) is 17.8 Å². The lowest BCUT2D eigenvalue weighted by atomic mass is 9.86. The van der Waals surface area contributed by atoms with Crippen molar-refractivity contribution in [2.45, 2.75) is 93.3 Å². The highest BCUT2D eigenvalue weighted by Gasteiger charge is 2.64. The van der Waals surface area contributed by atoms with Gasteiger partial charge in [-0.2, -0.15) is 0 Å². The Kier molecular flexibility index (Phi) is 10.5. The number of methoxy groups -OCH3 is 1. The zero-order chi connectivity index (χ0) is 39.3. The first-order valence-electron chi connectivity index (χ1n) is 18.8. The molecule has 1 aromatic carbocycles. The molecule has 3 N–H and O–H groups in total. The predicted molar refractivity (Wildman–Crippen MR) is 196 cm³/mol. The second-order valence-corrected chi connectivity index (χ2v) is 17.9. The summed E-state index contributed by atoms with van der Waals surface area (Å²) in [7, 11) is -2.87. The van der Waals surface area contributed by atoms with Crippen LogP contribution in [0, 0.1) is 17.8 Å². The maximum atomic E-state index is 15.0. The van der Waals surface area contributed by atoms with Crippen LogP contribution in [0.25, 0.3) is 10.8 Å². The van der Waals surface area contributed by atoms with E-state index >= 15 is 0 Å². The predicted octanol–water partition coefficient (Wildman–Crippen LogP) is 3.17. The maximum Gasteiger partial charge on any atom is 0.408 e. The van der Waals surface area contributed by atoms with Crippen LogP contribution in [0.15, 0.2) is 42.6 Å². The molecule has 4 fully saturated rings. The highest BCUT2D eigenvalue weighted by molar-refractivity contribution is 7.91. The van der Waals surface area contributed by atoms with Crippen molar-refractivity contribution in [1.29, 1.82) is 0 Å². The van der Waals surface area contributed by atoms with Gasteiger partial charge < -0.3 is 29.5 Å². The quantitative estimate of drug-likeness (QED) is 0.316. The summed E-state index contributed by atoms with van der Waals surface area (Å²) in [5, 5.41) is 14.7. The van der Waals surface area contributed by atoms with Crippen LogP contribution in [0.5, 0.6) is 11.6 Å². The summed E-state index contributed by atoms with van der Waals surface area (Å²) < 4.78 is 57.9. The maximum absolute atomic E-state index is 15.0. The fraction of sp³-hybridized carbons (Fsp3) is 0.605. The molecule has 4 amide bonds. The summed E-state index contributed by atoms with van der Waals surface area (Å²) in [6, 6.07) is 4.34. The van der Waals surface area contributed by atoms with Crippen molar-refractivity contribution in [2.75, 3.05) is 33.5 Å². The number of fused-ring (bicyclic) bond motifs is 3. The Hall–Kier alpha value is -4.51. The van der Waals surface area contributed by atoms with Gasteiger partial charge in [0.25, 0.3) is 5.91 Å². The van der Waals surface area contributed by atoms with Crippen LogP contribution < -0.4 is 19.5 Å². The number of hydrogen-bond donors (Lipinski definition) is 3. The smallest absolute Gasteiger partial charge is 0.408 e. The van der Waals surface area contributed by atoms with E-state index in [-0.39, 0.29) is 57.2 Å². The van der Waals surface area contributed by atoms with E-state index in [2.05, 4.69) is 15.0 Å². The molecular formula is C38H48FN5O10S. The lowest BCUT2D eigenvalue weighted by Crippen LogP contribution is -2.63. The van der Waals surface area contributed by atoms with E-state index < -0.39 is 86.9 Å². The number of pyridine rings is 1. The molecule has 0 bridgehead atoms. The summed E-state index contributed by atoms with van der Waals surface area (Å²) in [5.74, 6) is -2.48. The standard InChI is InChI=1S/C38H48FN5O10S/c1-22-8-4-5-9-24-16-38(24,35(47)42-55(50,51)37(21-39)12-13-37)41-32(45)29-15-26(54-33-28-11-7-6-10-27(28)30(52-3)17-40-33)18-43(29)34(46)31(23(2)14-22)44(36(48)49)25-19-53-20-25/h5-7,9-11,17,22-26,29,31H,4,8,12-16,18-21H2,1-3H3,(H,41,45)(H,42,47)(H,48,49)/t22-,23-,24-,26-,29+,31+,38-/m1/s1. The van der Waals surface area contributed by atoms with Crippen LogP contribution in [-0.2, 0) is 29.1 Å². The second kappa shape index (κ2) is 14.9. The number of alkyl halides is 1. The molecule has 1 aromatic heterocycles. The zero-order valence-corrected chi connectivity index (χ0v) is 31.9. The molecule has 2 saturated carbocycles. The van der Waals surface area contributed by atoms with Gasteiger partial charge in [-0.25, -0.2) is 22.6 Å². The van der Waals surface area contributed by atoms with E-state index in [0.29, 0.717) is 30.4 Å². The van der Waals surface area contributed by atoms with Crippen LogP contribution in [-0.4, -0.2) is 120 Å². The van der Waals surface area contributed by atoms with Gasteiger partial charge in [0.1, 0.15) is 40.9 Å². The number of nitrogens with one attached hydrogen (secondary N) is 2. The Labute approximate surface area is 319 Å². The van der Waals surface area contributed by atoms with E-state index in [1.165, 1.54) is 18.2 Å². The van der Waals surface area contributed by atoms with Gasteiger partial charge >= 0.3 is 6.09 Å². The summed E-state index contributed by atoms with van der Waals surface area (Å²) in [5.41, 5.74) is -1.68. The van der Waals surface area contributed by atoms with Gasteiger partial charge in [-0.05, 0) is 56.4 Å². The molecule has 4 heterocycles. The highest BCUT2D eigenvalue weighted by Crippen LogP contribution is 2.48. The number of sulfonamides is 1. The zero-order valence-electron chi connectivity index (χ0n) is 31.1. The summed E-state index contributed by atoms with van der Waals surface area (Å²) >= 11 is 0. The molecule has 0 spiro atoms. The number of benzene rings is 1. The number of nitrogens with zero attached hydrogens (tertiary/aromatic N) is 3. The molecule has 0 unspecified atom stereocenters. The number of aromatic nitrogens is 1. The Morgan fingerprint density at radius 1 is 1.16 bits per heavy atom. The molecule has 7 atom stereocenters. The number of carbonyl (C=O) groups is 4. The molecule has 3 aliphatic heterocycles. The van der Waals surface area contributed by atoms with Gasteiger partial charge in [-0.1, -0.05) is 44.2 Å². The Balaban J connectivity index is 1.25. The molecule has 298 valence electrons. The molecule has 15 nitrogen and oxygen atoms in total. The van der Waals surface area contributed by atoms with Crippen molar-refractivity contribution in [3.8, 4) is 11.6 Å². The van der Waals surface area contributed by atoms with Gasteiger partial charge in [0.05, 0.1) is 39.1 Å². The molecule has 2 aliphatic carbocycles. The van der Waals surface area contributed by atoms with E-state index in [9.17, 15) is 37.1 Å². The van der Waals surface area contributed by atoms with Crippen molar-refractivity contribution in [3.05, 3.63) is 42.6 Å². The SMILES string of the molecule is COc1cnc(O[C@@H]2C[C@H]3C(=O)N[C@]4(C(=O)NS(=O)(=O)C5(CF)CC5)C[C@H]4C=CCC[C@@H](C)C[C@@H](C)[C@H](N(C(=O)O)C4COC4)C(=O)N3C2)c2ccccc12. The van der Waals surface area contributed by atoms with Gasteiger partial charge in [0.15, 0.2) is 0 Å². The summed E-state index contributed by atoms with van der Waals surface area (Å²) in [6.07, 6.45) is 5.12. The van der Waals surface area contributed by atoms with Crippen LogP contribution in [0.1, 0.15) is 58.8 Å². The molecule has 55 heavy (non-hydrogen) atoms. The number of hydrogen-bond acceptors (Lipinski definition) is 10. The number of carbonyl (C=O) groups excluding carboxylic acids is 3.